The summed E-state index contributed by atoms with van der Waals surface area (Å²) in [5.41, 5.74) is 7.63. The topological polar surface area (TPSA) is 53.7 Å². The van der Waals surface area contributed by atoms with E-state index in [4.69, 9.17) is 19.8 Å². The lowest BCUT2D eigenvalue weighted by atomic mass is 9.43. The smallest absolute Gasteiger partial charge is 0.404 e. The third-order valence-corrected chi connectivity index (χ3v) is 6.74. The first kappa shape index (κ1) is 16.6. The maximum atomic E-state index is 6.38. The molecule has 24 heavy (non-hydrogen) atoms. The monoisotopic (exact) mass is 329 g/mol. The van der Waals surface area contributed by atoms with E-state index in [1.165, 1.54) is 6.42 Å². The predicted octanol–water partition coefficient (Wildman–Crippen LogP) is 2.80. The maximum absolute atomic E-state index is 6.38. The third kappa shape index (κ3) is 2.53. The Hall–Kier alpha value is -0.875. The number of benzene rings is 1. The lowest BCUT2D eigenvalue weighted by Crippen LogP contribution is -2.65. The van der Waals surface area contributed by atoms with Gasteiger partial charge in [0, 0.05) is 0 Å². The van der Waals surface area contributed by atoms with Crippen molar-refractivity contribution in [2.75, 3.05) is 6.61 Å². The molecule has 5 rings (SSSR count). The van der Waals surface area contributed by atoms with Gasteiger partial charge < -0.3 is 19.8 Å². The van der Waals surface area contributed by atoms with Crippen molar-refractivity contribution >= 4 is 7.12 Å². The van der Waals surface area contributed by atoms with E-state index in [0.717, 1.165) is 17.9 Å². The summed E-state index contributed by atoms with van der Waals surface area (Å²) in [5, 5.41) is 0. The quantitative estimate of drug-likeness (QED) is 0.844. The van der Waals surface area contributed by atoms with Crippen molar-refractivity contribution in [2.45, 2.75) is 57.9 Å². The fourth-order valence-electron chi connectivity index (χ4n) is 5.05. The highest BCUT2D eigenvalue weighted by Gasteiger charge is 2.68. The van der Waals surface area contributed by atoms with Crippen LogP contribution >= 0.6 is 0 Å². The molecular formula is C19H28BNO3. The Morgan fingerprint density at radius 3 is 2.71 bits per heavy atom. The summed E-state index contributed by atoms with van der Waals surface area (Å²) in [4.78, 5) is 0. The van der Waals surface area contributed by atoms with Gasteiger partial charge in [-0.2, -0.15) is 0 Å². The largest absolute Gasteiger partial charge is 0.478 e. The summed E-state index contributed by atoms with van der Waals surface area (Å²) in [7, 11) is -0.356. The van der Waals surface area contributed by atoms with Crippen LogP contribution in [0.25, 0.3) is 0 Å². The molecule has 5 atom stereocenters. The Morgan fingerprint density at radius 2 is 2.00 bits per heavy atom. The zero-order valence-electron chi connectivity index (χ0n) is 14.9. The van der Waals surface area contributed by atoms with Crippen LogP contribution in [0.1, 0.15) is 39.2 Å². The molecule has 5 heteroatoms. The summed E-state index contributed by atoms with van der Waals surface area (Å²) < 4.78 is 18.3. The van der Waals surface area contributed by atoms with E-state index in [1.54, 1.807) is 0 Å². The Balaban J connectivity index is 1.33. The van der Waals surface area contributed by atoms with Crippen LogP contribution in [0.5, 0.6) is 0 Å². The molecule has 1 heterocycles. The third-order valence-electron chi connectivity index (χ3n) is 6.74. The lowest BCUT2D eigenvalue weighted by molar-refractivity contribution is -0.199. The van der Waals surface area contributed by atoms with Crippen LogP contribution in [0.15, 0.2) is 30.3 Å². The van der Waals surface area contributed by atoms with E-state index < -0.39 is 0 Å². The van der Waals surface area contributed by atoms with Crippen LogP contribution in [0.3, 0.4) is 0 Å². The van der Waals surface area contributed by atoms with Crippen molar-refractivity contribution in [3.8, 4) is 0 Å². The minimum Gasteiger partial charge on any atom is -0.404 e. The summed E-state index contributed by atoms with van der Waals surface area (Å²) in [6, 6.07) is 10.1. The van der Waals surface area contributed by atoms with Crippen molar-refractivity contribution in [1.29, 1.82) is 0 Å². The lowest BCUT2D eigenvalue weighted by Gasteiger charge is -2.64. The SMILES string of the molecule is CC1(C)C2CC3OB(C(N)COCc4ccccc4)O[C@@]3(C)C1C2. The molecule has 0 spiro atoms. The molecule has 0 aromatic heterocycles. The molecule has 3 saturated carbocycles. The first-order valence-corrected chi connectivity index (χ1v) is 9.12. The Kier molecular flexibility index (Phi) is 4.03. The van der Waals surface area contributed by atoms with Crippen LogP contribution in [0.2, 0.25) is 0 Å². The van der Waals surface area contributed by atoms with E-state index in [2.05, 4.69) is 32.9 Å². The molecule has 1 aliphatic heterocycles. The van der Waals surface area contributed by atoms with Gasteiger partial charge >= 0.3 is 7.12 Å². The van der Waals surface area contributed by atoms with Crippen LogP contribution in [0, 0.1) is 17.3 Å². The molecule has 1 aromatic rings. The molecule has 2 bridgehead atoms. The minimum atomic E-state index is -0.356. The average molecular weight is 329 g/mol. The number of rotatable bonds is 5. The van der Waals surface area contributed by atoms with Crippen molar-refractivity contribution in [3.63, 3.8) is 0 Å². The Morgan fingerprint density at radius 1 is 1.25 bits per heavy atom. The molecule has 0 amide bonds. The molecule has 3 aliphatic carbocycles. The normalized spacial score (nSPS) is 37.7. The van der Waals surface area contributed by atoms with Gasteiger partial charge in [-0.25, -0.2) is 0 Å². The molecule has 130 valence electrons. The second kappa shape index (κ2) is 5.84. The van der Waals surface area contributed by atoms with Crippen molar-refractivity contribution in [2.24, 2.45) is 23.0 Å². The zero-order chi connectivity index (χ0) is 16.9. The van der Waals surface area contributed by atoms with Crippen molar-refractivity contribution < 1.29 is 14.0 Å². The Bertz CT molecular complexity index is 596. The average Bonchev–Trinajstić information content (AvgIpc) is 2.92. The van der Waals surface area contributed by atoms with E-state index in [0.29, 0.717) is 24.5 Å². The fraction of sp³-hybridized carbons (Fsp3) is 0.684. The standard InChI is InChI=1S/C19H28BNO3/c1-18(2)14-9-15(18)19(3)16(10-14)23-20(24-19)17(21)12-22-11-13-7-5-4-6-8-13/h4-8,14-17H,9-12,21H2,1-3H3/t14?,15?,16?,17?,19-/m0/s1. The highest BCUT2D eigenvalue weighted by Crippen LogP contribution is 2.65. The number of hydrogen-bond acceptors (Lipinski definition) is 4. The number of hydrogen-bond donors (Lipinski definition) is 1. The molecule has 1 aromatic carbocycles. The van der Waals surface area contributed by atoms with Gasteiger partial charge in [-0.1, -0.05) is 44.2 Å². The van der Waals surface area contributed by atoms with Gasteiger partial charge in [0.2, 0.25) is 0 Å². The minimum absolute atomic E-state index is 0.180. The van der Waals surface area contributed by atoms with Crippen LogP contribution in [-0.2, 0) is 20.7 Å². The summed E-state index contributed by atoms with van der Waals surface area (Å²) in [6.07, 6.45) is 2.53. The fourth-order valence-corrected chi connectivity index (χ4v) is 5.05. The number of ether oxygens (including phenoxy) is 1. The van der Waals surface area contributed by atoms with Crippen molar-refractivity contribution in [1.82, 2.24) is 0 Å². The van der Waals surface area contributed by atoms with Gasteiger partial charge in [0.15, 0.2) is 0 Å². The first-order valence-electron chi connectivity index (χ1n) is 9.12. The van der Waals surface area contributed by atoms with Crippen LogP contribution < -0.4 is 5.73 Å². The highest BCUT2D eigenvalue weighted by molar-refractivity contribution is 6.47. The van der Waals surface area contributed by atoms with Gasteiger partial charge in [-0.3, -0.25) is 0 Å². The second-order valence-corrected chi connectivity index (χ2v) is 8.50. The van der Waals surface area contributed by atoms with Gasteiger partial charge in [0.1, 0.15) is 0 Å². The van der Waals surface area contributed by atoms with E-state index in [9.17, 15) is 0 Å². The van der Waals surface area contributed by atoms with Gasteiger partial charge in [-0.15, -0.1) is 0 Å². The summed E-state index contributed by atoms with van der Waals surface area (Å²) in [5.74, 6) is 1.07. The highest BCUT2D eigenvalue weighted by atomic mass is 16.7. The summed E-state index contributed by atoms with van der Waals surface area (Å²) >= 11 is 0. The second-order valence-electron chi connectivity index (χ2n) is 8.50. The first-order chi connectivity index (χ1) is 11.4. The Labute approximate surface area is 145 Å². The zero-order valence-corrected chi connectivity index (χ0v) is 14.9. The van der Waals surface area contributed by atoms with Crippen LogP contribution in [-0.4, -0.2) is 31.4 Å². The maximum Gasteiger partial charge on any atom is 0.478 e. The van der Waals surface area contributed by atoms with E-state index in [-0.39, 0.29) is 24.8 Å². The van der Waals surface area contributed by atoms with Crippen LogP contribution in [0.4, 0.5) is 0 Å². The summed E-state index contributed by atoms with van der Waals surface area (Å²) in [6.45, 7) is 7.97. The molecular weight excluding hydrogens is 301 g/mol. The van der Waals surface area contributed by atoms with Gasteiger partial charge in [0.25, 0.3) is 0 Å². The van der Waals surface area contributed by atoms with E-state index in [1.807, 2.05) is 18.2 Å². The molecule has 4 fully saturated rings. The number of nitrogens with two attached hydrogens (primary N) is 1. The molecule has 4 aliphatic rings. The van der Waals surface area contributed by atoms with Gasteiger partial charge in [0.05, 0.1) is 30.9 Å². The molecule has 2 N–H and O–H groups in total. The van der Waals surface area contributed by atoms with Crippen molar-refractivity contribution in [3.05, 3.63) is 35.9 Å². The predicted molar refractivity (Wildman–Crippen MR) is 94.2 cm³/mol. The molecule has 0 radical (unpaired) electrons. The molecule has 4 unspecified atom stereocenters. The molecule has 4 nitrogen and oxygen atoms in total. The molecule has 1 saturated heterocycles. The van der Waals surface area contributed by atoms with Gasteiger partial charge in [-0.05, 0) is 42.6 Å². The van der Waals surface area contributed by atoms with E-state index >= 15 is 0 Å².